The molecule has 3 rings (SSSR count). The minimum atomic E-state index is -0.0494. The van der Waals surface area contributed by atoms with Crippen LogP contribution in [0.5, 0.6) is 0 Å². The van der Waals surface area contributed by atoms with E-state index in [9.17, 15) is 0 Å². The maximum absolute atomic E-state index is 6.32. The van der Waals surface area contributed by atoms with Crippen molar-refractivity contribution in [1.29, 1.82) is 0 Å². The second-order valence-corrected chi connectivity index (χ2v) is 5.49. The van der Waals surface area contributed by atoms with Crippen LogP contribution in [0.2, 0.25) is 0 Å². The van der Waals surface area contributed by atoms with Gasteiger partial charge in [-0.15, -0.1) is 0 Å². The second-order valence-electron chi connectivity index (χ2n) is 5.49. The van der Waals surface area contributed by atoms with Gasteiger partial charge in [-0.25, -0.2) is 0 Å². The first kappa shape index (κ1) is 13.8. The maximum atomic E-state index is 6.32. The molecule has 0 saturated carbocycles. The van der Waals surface area contributed by atoms with Crippen LogP contribution >= 0.6 is 0 Å². The lowest BCUT2D eigenvalue weighted by molar-refractivity contribution is 0.510. The molecule has 0 bridgehead atoms. The molecule has 2 aromatic rings. The maximum Gasteiger partial charge on any atom is 0.140 e. The van der Waals surface area contributed by atoms with Gasteiger partial charge in [-0.3, -0.25) is 4.99 Å². The number of nitrogens with two attached hydrogens (primary N) is 1. The van der Waals surface area contributed by atoms with E-state index in [0.29, 0.717) is 0 Å². The zero-order valence-corrected chi connectivity index (χ0v) is 12.5. The van der Waals surface area contributed by atoms with Crippen LogP contribution in [0.3, 0.4) is 0 Å². The van der Waals surface area contributed by atoms with Gasteiger partial charge in [-0.2, -0.15) is 0 Å². The summed E-state index contributed by atoms with van der Waals surface area (Å²) >= 11 is 0. The van der Waals surface area contributed by atoms with Gasteiger partial charge in [-0.1, -0.05) is 37.3 Å². The standard InChI is InChI=1S/C18H21N3/c1-3-16(19)18-20-17-11-7-8-13(2)15(17)12-21(18)14-9-5-4-6-10-14/h4-12,16,18H,3,19H2,1-2H3/t16?,18-/m1/s1. The zero-order chi connectivity index (χ0) is 14.8. The van der Waals surface area contributed by atoms with Gasteiger partial charge in [0.15, 0.2) is 0 Å². The quantitative estimate of drug-likeness (QED) is 0.933. The van der Waals surface area contributed by atoms with E-state index >= 15 is 0 Å². The van der Waals surface area contributed by atoms with Crippen molar-refractivity contribution >= 4 is 11.9 Å². The number of aryl methyl sites for hydroxylation is 1. The van der Waals surface area contributed by atoms with Gasteiger partial charge in [0.25, 0.3) is 0 Å². The van der Waals surface area contributed by atoms with Crippen LogP contribution in [0.1, 0.15) is 18.9 Å². The lowest BCUT2D eigenvalue weighted by Gasteiger charge is -2.33. The topological polar surface area (TPSA) is 41.6 Å². The van der Waals surface area contributed by atoms with Gasteiger partial charge in [0, 0.05) is 23.1 Å². The molecule has 0 spiro atoms. The van der Waals surface area contributed by atoms with Gasteiger partial charge in [0.1, 0.15) is 6.17 Å². The van der Waals surface area contributed by atoms with Crippen molar-refractivity contribution < 1.29 is 0 Å². The molecule has 0 radical (unpaired) electrons. The largest absolute Gasteiger partial charge is 0.324 e. The Labute approximate surface area is 125 Å². The average molecular weight is 279 g/mol. The van der Waals surface area contributed by atoms with Crippen molar-refractivity contribution in [3.8, 4) is 0 Å². The van der Waals surface area contributed by atoms with E-state index in [4.69, 9.17) is 10.7 Å². The molecule has 3 nitrogen and oxygen atoms in total. The number of fused-ring (bicyclic) bond motifs is 1. The van der Waals surface area contributed by atoms with E-state index in [0.717, 1.165) is 17.5 Å². The highest BCUT2D eigenvalue weighted by Gasteiger charge is 2.24. The van der Waals surface area contributed by atoms with E-state index < -0.39 is 0 Å². The molecule has 2 aromatic carbocycles. The Kier molecular flexibility index (Phi) is 3.76. The first-order chi connectivity index (χ1) is 10.2. The first-order valence-corrected chi connectivity index (χ1v) is 7.45. The number of benzene rings is 2. The highest BCUT2D eigenvalue weighted by Crippen LogP contribution is 2.21. The highest BCUT2D eigenvalue weighted by atomic mass is 15.3. The van der Waals surface area contributed by atoms with E-state index in [1.807, 2.05) is 18.2 Å². The fraction of sp³-hybridized carbons (Fsp3) is 0.278. The average Bonchev–Trinajstić information content (AvgIpc) is 2.54. The molecule has 1 heterocycles. The van der Waals surface area contributed by atoms with Crippen LogP contribution in [-0.2, 0) is 0 Å². The molecule has 21 heavy (non-hydrogen) atoms. The number of hydrogen-bond acceptors (Lipinski definition) is 3. The number of hydrogen-bond donors (Lipinski definition) is 1. The van der Waals surface area contributed by atoms with E-state index in [1.165, 1.54) is 10.8 Å². The Balaban J connectivity index is 2.18. The summed E-state index contributed by atoms with van der Waals surface area (Å²) < 4.78 is 0. The third-order valence-electron chi connectivity index (χ3n) is 4.03. The molecule has 1 aliphatic rings. The monoisotopic (exact) mass is 279 g/mol. The third kappa shape index (κ3) is 2.57. The summed E-state index contributed by atoms with van der Waals surface area (Å²) in [6.07, 6.45) is 3.03. The summed E-state index contributed by atoms with van der Waals surface area (Å²) in [5.74, 6) is 0. The van der Waals surface area contributed by atoms with Crippen molar-refractivity contribution in [2.24, 2.45) is 10.7 Å². The Morgan fingerprint density at radius 2 is 1.90 bits per heavy atom. The lowest BCUT2D eigenvalue weighted by atomic mass is 10.1. The van der Waals surface area contributed by atoms with Crippen LogP contribution in [0.15, 0.2) is 53.5 Å². The first-order valence-electron chi connectivity index (χ1n) is 7.45. The predicted molar refractivity (Wildman–Crippen MR) is 87.4 cm³/mol. The van der Waals surface area contributed by atoms with Crippen molar-refractivity contribution in [3.05, 3.63) is 64.7 Å². The Morgan fingerprint density at radius 1 is 1.14 bits per heavy atom. The molecular weight excluding hydrogens is 258 g/mol. The van der Waals surface area contributed by atoms with Gasteiger partial charge in [-0.05, 0) is 37.1 Å². The van der Waals surface area contributed by atoms with Gasteiger partial charge >= 0.3 is 0 Å². The van der Waals surface area contributed by atoms with E-state index in [-0.39, 0.29) is 12.2 Å². The van der Waals surface area contributed by atoms with E-state index in [2.05, 4.69) is 55.3 Å². The fourth-order valence-electron chi connectivity index (χ4n) is 2.71. The normalized spacial score (nSPS) is 18.4. The molecule has 0 saturated heterocycles. The predicted octanol–water partition coefficient (Wildman–Crippen LogP) is 1.94. The summed E-state index contributed by atoms with van der Waals surface area (Å²) in [7, 11) is 0. The molecule has 1 aliphatic heterocycles. The lowest BCUT2D eigenvalue weighted by Crippen LogP contribution is -2.51. The molecule has 2 N–H and O–H groups in total. The Hall–Kier alpha value is -2.13. The minimum Gasteiger partial charge on any atom is -0.324 e. The molecular formula is C18H21N3. The van der Waals surface area contributed by atoms with Crippen molar-refractivity contribution in [1.82, 2.24) is 0 Å². The van der Waals surface area contributed by atoms with Crippen molar-refractivity contribution in [2.45, 2.75) is 32.5 Å². The number of para-hydroxylation sites is 1. The van der Waals surface area contributed by atoms with Crippen molar-refractivity contribution in [3.63, 3.8) is 0 Å². The van der Waals surface area contributed by atoms with Crippen LogP contribution < -0.4 is 21.2 Å². The summed E-state index contributed by atoms with van der Waals surface area (Å²) in [5, 5.41) is 2.22. The fourth-order valence-corrected chi connectivity index (χ4v) is 2.71. The van der Waals surface area contributed by atoms with Gasteiger partial charge in [0.05, 0.1) is 5.36 Å². The molecule has 0 aromatic heterocycles. The van der Waals surface area contributed by atoms with Crippen molar-refractivity contribution in [2.75, 3.05) is 4.90 Å². The smallest absolute Gasteiger partial charge is 0.140 e. The number of anilines is 1. The molecule has 3 heteroatoms. The molecule has 0 fully saturated rings. The number of nitrogens with zero attached hydrogens (tertiary/aromatic N) is 2. The third-order valence-corrected chi connectivity index (χ3v) is 4.03. The summed E-state index contributed by atoms with van der Waals surface area (Å²) in [6.45, 7) is 4.23. The number of rotatable bonds is 3. The summed E-state index contributed by atoms with van der Waals surface area (Å²) in [6, 6.07) is 16.6. The van der Waals surface area contributed by atoms with Crippen LogP contribution in [0, 0.1) is 6.92 Å². The molecule has 0 amide bonds. The van der Waals surface area contributed by atoms with Gasteiger partial charge < -0.3 is 10.6 Å². The zero-order valence-electron chi connectivity index (χ0n) is 12.5. The van der Waals surface area contributed by atoms with Crippen LogP contribution in [0.25, 0.3) is 6.20 Å². The van der Waals surface area contributed by atoms with Crippen LogP contribution in [0.4, 0.5) is 5.69 Å². The Morgan fingerprint density at radius 3 is 2.62 bits per heavy atom. The molecule has 108 valence electrons. The van der Waals surface area contributed by atoms with E-state index in [1.54, 1.807) is 0 Å². The molecule has 1 unspecified atom stereocenters. The van der Waals surface area contributed by atoms with Gasteiger partial charge in [0.2, 0.25) is 0 Å². The summed E-state index contributed by atoms with van der Waals surface area (Å²) in [5.41, 5.74) is 8.68. The second kappa shape index (κ2) is 5.70. The highest BCUT2D eigenvalue weighted by molar-refractivity contribution is 5.61. The molecule has 0 aliphatic carbocycles. The minimum absolute atomic E-state index is 0.00937. The van der Waals surface area contributed by atoms with Crippen LogP contribution in [-0.4, -0.2) is 12.2 Å². The summed E-state index contributed by atoms with van der Waals surface area (Å²) in [4.78, 5) is 7.10. The SMILES string of the molecule is CCC(N)[C@@H]1N=c2cccc(C)c2=CN1c1ccccc1. The molecule has 2 atom stereocenters. The Bertz CT molecular complexity index is 737.